The maximum absolute atomic E-state index is 15.5. The van der Waals surface area contributed by atoms with Crippen LogP contribution in [0.5, 0.6) is 23.0 Å². The van der Waals surface area contributed by atoms with E-state index in [1.807, 2.05) is 0 Å². The Kier molecular flexibility index (Phi) is 12.6. The van der Waals surface area contributed by atoms with Gasteiger partial charge in [-0.05, 0) is 29.3 Å². The Morgan fingerprint density at radius 1 is 0.889 bits per heavy atom. The van der Waals surface area contributed by atoms with Crippen LogP contribution in [0.4, 0.5) is 4.39 Å². The first-order valence-corrected chi connectivity index (χ1v) is 14.8. The van der Waals surface area contributed by atoms with Crippen molar-refractivity contribution in [2.24, 2.45) is 11.8 Å². The van der Waals surface area contributed by atoms with Gasteiger partial charge in [0.25, 0.3) is 0 Å². The van der Waals surface area contributed by atoms with Crippen molar-refractivity contribution in [3.63, 3.8) is 0 Å². The van der Waals surface area contributed by atoms with Crippen LogP contribution in [0.3, 0.4) is 0 Å². The predicted octanol–water partition coefficient (Wildman–Crippen LogP) is 2.27. The third kappa shape index (κ3) is 8.46. The number of ketones is 1. The van der Waals surface area contributed by atoms with Crippen LogP contribution in [-0.4, -0.2) is 66.2 Å². The molecule has 14 heteroatoms. The zero-order chi connectivity index (χ0) is 32.1. The molecule has 1 aliphatic heterocycles. The molecule has 238 valence electrons. The molecule has 2 N–H and O–H groups in total. The summed E-state index contributed by atoms with van der Waals surface area (Å²) >= 11 is 1.06. The Morgan fingerprint density at radius 2 is 1.47 bits per heavy atom. The van der Waals surface area contributed by atoms with E-state index < -0.39 is 29.6 Å². The normalized spacial score (nSPS) is 13.4. The fraction of sp³-hybridized carbons (Fsp3) is 0.419. The molecule has 0 saturated carbocycles. The van der Waals surface area contributed by atoms with Gasteiger partial charge in [0, 0.05) is 48.5 Å². The molecule has 4 rings (SSSR count). The third-order valence-electron chi connectivity index (χ3n) is 7.35. The number of hydrogen-bond donors (Lipinski definition) is 2. The number of methoxy groups -OCH3 is 2. The fourth-order valence-electron chi connectivity index (χ4n) is 4.74. The number of fused-ring (bicyclic) bond motifs is 2. The van der Waals surface area contributed by atoms with Crippen LogP contribution in [0.2, 0.25) is 0 Å². The molecule has 2 aromatic carbocycles. The number of carbonyl (C=O) groups is 4. The van der Waals surface area contributed by atoms with E-state index in [0.717, 1.165) is 22.5 Å². The Balaban J connectivity index is 0.00000368. The Morgan fingerprint density at radius 3 is 2.07 bits per heavy atom. The van der Waals surface area contributed by atoms with Crippen molar-refractivity contribution in [1.29, 1.82) is 0 Å². The second-order valence-corrected chi connectivity index (χ2v) is 11.7. The van der Waals surface area contributed by atoms with Gasteiger partial charge in [0.1, 0.15) is 0 Å². The van der Waals surface area contributed by atoms with Crippen molar-refractivity contribution in [2.75, 3.05) is 27.4 Å². The minimum Gasteiger partial charge on any atom is -1.00 e. The van der Waals surface area contributed by atoms with E-state index in [1.54, 1.807) is 23.1 Å². The van der Waals surface area contributed by atoms with Crippen LogP contribution < -0.4 is 48.5 Å². The second kappa shape index (κ2) is 15.7. The van der Waals surface area contributed by atoms with Gasteiger partial charge in [-0.3, -0.25) is 19.2 Å². The monoisotopic (exact) mass is 655 g/mol. The number of carboxylic acids is 2. The number of nitrogens with zero attached hydrogens (tertiary/aromatic N) is 1. The Hall–Kier alpha value is -3.39. The first-order chi connectivity index (χ1) is 20.9. The molecule has 2 atom stereocenters. The van der Waals surface area contributed by atoms with Crippen LogP contribution in [0.15, 0.2) is 24.3 Å². The van der Waals surface area contributed by atoms with Crippen LogP contribution in [-0.2, 0) is 27.5 Å². The molecule has 0 spiro atoms. The van der Waals surface area contributed by atoms with Crippen LogP contribution >= 0.6 is 11.3 Å². The summed E-state index contributed by atoms with van der Waals surface area (Å²) in [7, 11) is 2.89. The Bertz CT molecular complexity index is 1600. The largest absolute Gasteiger partial charge is 1.00 e. The van der Waals surface area contributed by atoms with Crippen LogP contribution in [0.1, 0.15) is 55.3 Å². The molecule has 2 heterocycles. The standard InChI is InChI=1S/C31H34FNO10S.Na.H/c1-16(30(36)37)8-21(34)26-12-20-25(44-26)13-24(41-4)29(28(20)32)43-7-5-6-42-23-11-19-15-33(14-18(19)10-22(23)40-3)27(35)9-17(2)31(38)39;;/h10-13,16-17H,5-9,14-15H2,1-4H3,(H,36,37)(H,38,39);;/q;+1;-1/t16-,17-;;/m0../s1. The van der Waals surface area contributed by atoms with Gasteiger partial charge < -0.3 is 35.5 Å². The summed E-state index contributed by atoms with van der Waals surface area (Å²) in [5.74, 6) is -4.03. The van der Waals surface area contributed by atoms with Crippen molar-refractivity contribution >= 4 is 45.1 Å². The summed E-state index contributed by atoms with van der Waals surface area (Å²) in [6, 6.07) is 6.58. The van der Waals surface area contributed by atoms with Gasteiger partial charge >= 0.3 is 41.5 Å². The van der Waals surface area contributed by atoms with Crippen molar-refractivity contribution in [3.8, 4) is 23.0 Å². The fourth-order valence-corrected chi connectivity index (χ4v) is 5.77. The predicted molar refractivity (Wildman–Crippen MR) is 159 cm³/mol. The molecular weight excluding hydrogens is 620 g/mol. The molecule has 3 aromatic rings. The van der Waals surface area contributed by atoms with Crippen molar-refractivity contribution in [2.45, 2.75) is 46.2 Å². The summed E-state index contributed by atoms with van der Waals surface area (Å²) in [5.41, 5.74) is 1.76. The number of aliphatic carboxylic acids is 2. The third-order valence-corrected chi connectivity index (χ3v) is 8.47. The van der Waals surface area contributed by atoms with Crippen LogP contribution in [0, 0.1) is 17.7 Å². The van der Waals surface area contributed by atoms with Gasteiger partial charge in [-0.15, -0.1) is 11.3 Å². The molecule has 0 aliphatic carbocycles. The van der Waals surface area contributed by atoms with Crippen molar-refractivity contribution < 1.29 is 83.7 Å². The topological polar surface area (TPSA) is 149 Å². The molecule has 0 radical (unpaired) electrons. The molecule has 0 bridgehead atoms. The molecule has 0 saturated heterocycles. The maximum Gasteiger partial charge on any atom is 1.00 e. The average molecular weight is 656 g/mol. The average Bonchev–Trinajstić information content (AvgIpc) is 3.61. The van der Waals surface area contributed by atoms with E-state index in [-0.39, 0.29) is 90.5 Å². The van der Waals surface area contributed by atoms with Gasteiger partial charge in [-0.25, -0.2) is 4.39 Å². The summed E-state index contributed by atoms with van der Waals surface area (Å²) in [5, 5.41) is 18.4. The summed E-state index contributed by atoms with van der Waals surface area (Å²) in [6.07, 6.45) is 0.0978. The Labute approximate surface area is 287 Å². The quantitative estimate of drug-likeness (QED) is 0.142. The van der Waals surface area contributed by atoms with Crippen molar-refractivity contribution in [1.82, 2.24) is 4.90 Å². The van der Waals surface area contributed by atoms with E-state index >= 15 is 4.39 Å². The number of thiophene rings is 1. The van der Waals surface area contributed by atoms with Crippen molar-refractivity contribution in [3.05, 3.63) is 46.1 Å². The van der Waals surface area contributed by atoms with E-state index in [1.165, 1.54) is 34.1 Å². The molecule has 1 aliphatic rings. The molecule has 11 nitrogen and oxygen atoms in total. The molecule has 0 fully saturated rings. The molecule has 0 unspecified atom stereocenters. The zero-order valence-corrected chi connectivity index (χ0v) is 28.6. The number of Topliss-reactive ketones (excluding diaryl/α,β-unsaturated/α-hetero) is 1. The second-order valence-electron chi connectivity index (χ2n) is 10.6. The van der Waals surface area contributed by atoms with Gasteiger partial charge in [0.15, 0.2) is 34.6 Å². The SMILES string of the molecule is COc1cc2c(cc1OCCCOc1c(OC)cc3sc(C(=O)C[C@H](C)C(=O)O)cc3c1F)CN(C(=O)C[C@H](C)C(=O)O)C2.[H-].[Na+]. The van der Waals surface area contributed by atoms with E-state index in [0.29, 0.717) is 35.7 Å². The van der Waals surface area contributed by atoms with E-state index in [4.69, 9.17) is 29.2 Å². The summed E-state index contributed by atoms with van der Waals surface area (Å²) in [4.78, 5) is 49.2. The summed E-state index contributed by atoms with van der Waals surface area (Å²) in [6.45, 7) is 3.92. The zero-order valence-electron chi connectivity index (χ0n) is 26.8. The number of benzene rings is 2. The van der Waals surface area contributed by atoms with E-state index in [2.05, 4.69) is 0 Å². The number of carbonyl (C=O) groups excluding carboxylic acids is 2. The number of halogens is 1. The molecule has 45 heavy (non-hydrogen) atoms. The summed E-state index contributed by atoms with van der Waals surface area (Å²) < 4.78 is 38.4. The van der Waals surface area contributed by atoms with E-state index in [9.17, 15) is 19.2 Å². The minimum absolute atomic E-state index is 0. The van der Waals surface area contributed by atoms with Gasteiger partial charge in [-0.1, -0.05) is 13.8 Å². The molecular formula is C31H35FNNaO10S. The molecule has 1 amide bonds. The number of amides is 1. The van der Waals surface area contributed by atoms with Crippen LogP contribution in [0.25, 0.3) is 10.1 Å². The first kappa shape index (κ1) is 36.1. The number of rotatable bonds is 15. The van der Waals surface area contributed by atoms with Gasteiger partial charge in [-0.2, -0.15) is 0 Å². The minimum atomic E-state index is -1.08. The number of ether oxygens (including phenoxy) is 4. The molecule has 1 aromatic heterocycles. The number of hydrogen-bond acceptors (Lipinski definition) is 9. The van der Waals surface area contributed by atoms with Gasteiger partial charge in [0.05, 0.1) is 44.1 Å². The smallest absolute Gasteiger partial charge is 1.00 e. The first-order valence-electron chi connectivity index (χ1n) is 13.9. The number of carboxylic acid groups (broad SMARTS) is 2. The maximum atomic E-state index is 15.5. The van der Waals surface area contributed by atoms with Gasteiger partial charge in [0.2, 0.25) is 5.91 Å².